The first-order chi connectivity index (χ1) is 15.0. The molecule has 3 aromatic rings. The third kappa shape index (κ3) is 4.15. The summed E-state index contributed by atoms with van der Waals surface area (Å²) in [7, 11) is 2.99. The van der Waals surface area contributed by atoms with Gasteiger partial charge in [-0.05, 0) is 40.8 Å². The van der Waals surface area contributed by atoms with E-state index in [1.54, 1.807) is 36.4 Å². The maximum Gasteiger partial charge on any atom is 0.229 e. The normalized spacial score (nSPS) is 15.8. The molecule has 1 N–H and O–H groups in total. The SMILES string of the molecule is COc1cc(OC)c(N2CC(C(=O)Nc3ccc(-n4cnnn4)cc3)CC2=O)cc1Cl. The molecule has 10 nitrogen and oxygen atoms in total. The van der Waals surface area contributed by atoms with Gasteiger partial charge in [-0.2, -0.15) is 0 Å². The van der Waals surface area contributed by atoms with Gasteiger partial charge in [0.1, 0.15) is 17.8 Å². The number of anilines is 2. The molecule has 0 spiro atoms. The van der Waals surface area contributed by atoms with E-state index >= 15 is 0 Å². The number of hydrogen-bond acceptors (Lipinski definition) is 7. The highest BCUT2D eigenvalue weighted by Crippen LogP contribution is 2.40. The van der Waals surface area contributed by atoms with E-state index in [0.717, 1.165) is 5.69 Å². The molecule has 31 heavy (non-hydrogen) atoms. The number of nitrogens with one attached hydrogen (secondary N) is 1. The molecule has 11 heteroatoms. The Hall–Kier alpha value is -3.66. The fourth-order valence-corrected chi connectivity index (χ4v) is 3.63. The van der Waals surface area contributed by atoms with Crippen LogP contribution in [0.5, 0.6) is 11.5 Å². The van der Waals surface area contributed by atoms with Gasteiger partial charge in [-0.15, -0.1) is 5.10 Å². The van der Waals surface area contributed by atoms with Crippen molar-refractivity contribution in [3.05, 3.63) is 47.7 Å². The number of ether oxygens (including phenoxy) is 2. The molecule has 1 fully saturated rings. The van der Waals surface area contributed by atoms with Gasteiger partial charge in [0.15, 0.2) is 0 Å². The molecule has 1 unspecified atom stereocenters. The van der Waals surface area contributed by atoms with E-state index in [1.807, 2.05) is 0 Å². The molecule has 0 saturated carbocycles. The van der Waals surface area contributed by atoms with Crippen LogP contribution in [0.1, 0.15) is 6.42 Å². The minimum Gasteiger partial charge on any atom is -0.495 e. The van der Waals surface area contributed by atoms with Gasteiger partial charge in [0.05, 0.1) is 36.5 Å². The van der Waals surface area contributed by atoms with E-state index in [0.29, 0.717) is 27.9 Å². The largest absolute Gasteiger partial charge is 0.495 e. The molecular weight excluding hydrogens is 424 g/mol. The summed E-state index contributed by atoms with van der Waals surface area (Å²) in [5, 5.41) is 14.2. The Kier molecular flexibility index (Phi) is 5.72. The minimum absolute atomic E-state index is 0.0847. The highest BCUT2D eigenvalue weighted by Gasteiger charge is 2.36. The number of carbonyl (C=O) groups excluding carboxylic acids is 2. The highest BCUT2D eigenvalue weighted by atomic mass is 35.5. The summed E-state index contributed by atoms with van der Waals surface area (Å²) in [6.07, 6.45) is 1.56. The van der Waals surface area contributed by atoms with Gasteiger partial charge in [0, 0.05) is 24.7 Å². The summed E-state index contributed by atoms with van der Waals surface area (Å²) >= 11 is 6.23. The second kappa shape index (κ2) is 8.60. The Morgan fingerprint density at radius 2 is 1.90 bits per heavy atom. The average molecular weight is 443 g/mol. The second-order valence-electron chi connectivity index (χ2n) is 6.85. The number of methoxy groups -OCH3 is 2. The Bertz CT molecular complexity index is 1100. The quantitative estimate of drug-likeness (QED) is 0.623. The Balaban J connectivity index is 1.47. The van der Waals surface area contributed by atoms with Crippen molar-refractivity contribution in [2.24, 2.45) is 5.92 Å². The molecule has 2 amide bonds. The highest BCUT2D eigenvalue weighted by molar-refractivity contribution is 6.32. The van der Waals surface area contributed by atoms with Crippen LogP contribution in [0.25, 0.3) is 5.69 Å². The number of amides is 2. The molecule has 160 valence electrons. The summed E-state index contributed by atoms with van der Waals surface area (Å²) in [5.74, 6) is -0.0715. The predicted octanol–water partition coefficient (Wildman–Crippen LogP) is 2.32. The minimum atomic E-state index is -0.516. The smallest absolute Gasteiger partial charge is 0.229 e. The van der Waals surface area contributed by atoms with Gasteiger partial charge in [0.2, 0.25) is 11.8 Å². The predicted molar refractivity (Wildman–Crippen MR) is 113 cm³/mol. The summed E-state index contributed by atoms with van der Waals surface area (Å²) in [6.45, 7) is 0.215. The fourth-order valence-electron chi connectivity index (χ4n) is 3.39. The maximum atomic E-state index is 12.8. The molecule has 1 atom stereocenters. The van der Waals surface area contributed by atoms with Crippen molar-refractivity contribution in [1.82, 2.24) is 20.2 Å². The molecule has 1 aliphatic heterocycles. The van der Waals surface area contributed by atoms with Gasteiger partial charge in [-0.1, -0.05) is 11.6 Å². The van der Waals surface area contributed by atoms with E-state index in [9.17, 15) is 9.59 Å². The lowest BCUT2D eigenvalue weighted by atomic mass is 10.1. The molecule has 4 rings (SSSR count). The van der Waals surface area contributed by atoms with Crippen molar-refractivity contribution in [3.8, 4) is 17.2 Å². The molecule has 1 aromatic heterocycles. The monoisotopic (exact) mass is 442 g/mol. The number of aromatic nitrogens is 4. The zero-order chi connectivity index (χ0) is 22.0. The summed E-state index contributed by atoms with van der Waals surface area (Å²) in [4.78, 5) is 26.9. The van der Waals surface area contributed by atoms with Gasteiger partial charge >= 0.3 is 0 Å². The number of tetrazole rings is 1. The topological polar surface area (TPSA) is 111 Å². The van der Waals surface area contributed by atoms with Gasteiger partial charge in [-0.3, -0.25) is 9.59 Å². The maximum absolute atomic E-state index is 12.8. The van der Waals surface area contributed by atoms with Gasteiger partial charge < -0.3 is 19.7 Å². The Labute approximate surface area is 182 Å². The van der Waals surface area contributed by atoms with Crippen LogP contribution < -0.4 is 19.7 Å². The van der Waals surface area contributed by atoms with Gasteiger partial charge in [-0.25, -0.2) is 4.68 Å². The van der Waals surface area contributed by atoms with Crippen LogP contribution in [0, 0.1) is 5.92 Å². The van der Waals surface area contributed by atoms with E-state index in [1.165, 1.54) is 30.1 Å². The van der Waals surface area contributed by atoms with Crippen molar-refractivity contribution >= 4 is 34.8 Å². The van der Waals surface area contributed by atoms with E-state index < -0.39 is 5.92 Å². The van der Waals surface area contributed by atoms with Crippen LogP contribution >= 0.6 is 11.6 Å². The first-order valence-corrected chi connectivity index (χ1v) is 9.74. The van der Waals surface area contributed by atoms with Crippen molar-refractivity contribution in [2.45, 2.75) is 6.42 Å². The van der Waals surface area contributed by atoms with E-state index in [4.69, 9.17) is 21.1 Å². The lowest BCUT2D eigenvalue weighted by Gasteiger charge is -2.21. The van der Waals surface area contributed by atoms with Crippen LogP contribution in [0.4, 0.5) is 11.4 Å². The van der Waals surface area contributed by atoms with Crippen molar-refractivity contribution in [2.75, 3.05) is 31.0 Å². The van der Waals surface area contributed by atoms with Crippen molar-refractivity contribution < 1.29 is 19.1 Å². The first kappa shape index (κ1) is 20.6. The first-order valence-electron chi connectivity index (χ1n) is 9.36. The van der Waals surface area contributed by atoms with Crippen LogP contribution in [0.3, 0.4) is 0 Å². The zero-order valence-corrected chi connectivity index (χ0v) is 17.5. The van der Waals surface area contributed by atoms with Gasteiger partial charge in [0.25, 0.3) is 0 Å². The summed E-state index contributed by atoms with van der Waals surface area (Å²) in [5.41, 5.74) is 1.87. The van der Waals surface area contributed by atoms with E-state index in [-0.39, 0.29) is 24.8 Å². The Morgan fingerprint density at radius 3 is 2.55 bits per heavy atom. The van der Waals surface area contributed by atoms with Crippen LogP contribution in [0.2, 0.25) is 5.02 Å². The molecule has 1 aliphatic rings. The number of rotatable bonds is 6. The standard InChI is InChI=1S/C20H19ClN6O4/c1-30-17-9-18(31-2)16(8-15(17)21)26-10-12(7-19(26)28)20(29)23-13-3-5-14(6-4-13)27-11-22-24-25-27/h3-6,8-9,11-12H,7,10H2,1-2H3,(H,23,29). The van der Waals surface area contributed by atoms with Crippen LogP contribution in [0.15, 0.2) is 42.7 Å². The number of hydrogen-bond donors (Lipinski definition) is 1. The number of halogens is 1. The van der Waals surface area contributed by atoms with Crippen LogP contribution in [-0.4, -0.2) is 52.8 Å². The molecular formula is C20H19ClN6O4. The number of carbonyl (C=O) groups is 2. The van der Waals surface area contributed by atoms with E-state index in [2.05, 4.69) is 20.8 Å². The lowest BCUT2D eigenvalue weighted by Crippen LogP contribution is -2.28. The third-order valence-corrected chi connectivity index (χ3v) is 5.28. The zero-order valence-electron chi connectivity index (χ0n) is 16.8. The third-order valence-electron chi connectivity index (χ3n) is 4.99. The molecule has 1 saturated heterocycles. The summed E-state index contributed by atoms with van der Waals surface area (Å²) < 4.78 is 12.1. The van der Waals surface area contributed by atoms with Crippen molar-refractivity contribution in [1.29, 1.82) is 0 Å². The molecule has 0 radical (unpaired) electrons. The molecule has 0 aliphatic carbocycles. The Morgan fingerprint density at radius 1 is 1.16 bits per heavy atom. The molecule has 2 aromatic carbocycles. The van der Waals surface area contributed by atoms with Crippen molar-refractivity contribution in [3.63, 3.8) is 0 Å². The van der Waals surface area contributed by atoms with Crippen LogP contribution in [-0.2, 0) is 9.59 Å². The number of nitrogens with zero attached hydrogens (tertiary/aromatic N) is 5. The fraction of sp³-hybridized carbons (Fsp3) is 0.250. The molecule has 2 heterocycles. The second-order valence-corrected chi connectivity index (χ2v) is 7.26. The number of benzene rings is 2. The molecule has 0 bridgehead atoms. The lowest BCUT2D eigenvalue weighted by molar-refractivity contribution is -0.122. The summed E-state index contributed by atoms with van der Waals surface area (Å²) in [6, 6.07) is 10.3. The average Bonchev–Trinajstić information content (AvgIpc) is 3.44.